The Morgan fingerprint density at radius 2 is 1.52 bits per heavy atom. The molecule has 0 spiro atoms. The second-order valence-electron chi connectivity index (χ2n) is 5.13. The van der Waals surface area contributed by atoms with E-state index < -0.39 is 6.10 Å². The van der Waals surface area contributed by atoms with Crippen LogP contribution in [0.3, 0.4) is 0 Å². The Morgan fingerprint density at radius 1 is 0.810 bits per heavy atom. The van der Waals surface area contributed by atoms with Crippen molar-refractivity contribution >= 4 is 16.8 Å². The molecule has 3 aromatic rings. The van der Waals surface area contributed by atoms with Crippen LogP contribution in [0, 0.1) is 0 Å². The van der Waals surface area contributed by atoms with Crippen molar-refractivity contribution in [3.8, 4) is 0 Å². The minimum atomic E-state index is -0.476. The van der Waals surface area contributed by atoms with Crippen LogP contribution in [-0.4, -0.2) is 5.11 Å². The number of aliphatic hydroxyl groups excluding tert-OH is 1. The van der Waals surface area contributed by atoms with E-state index in [4.69, 9.17) is 0 Å². The lowest BCUT2D eigenvalue weighted by atomic mass is 9.98. The van der Waals surface area contributed by atoms with Gasteiger partial charge in [-0.15, -0.1) is 0 Å². The maximum atomic E-state index is 10.4. The summed E-state index contributed by atoms with van der Waals surface area (Å²) in [7, 11) is 0. The topological polar surface area (TPSA) is 20.2 Å². The first-order chi connectivity index (χ1) is 10.3. The van der Waals surface area contributed by atoms with Crippen molar-refractivity contribution in [1.29, 1.82) is 0 Å². The minimum absolute atomic E-state index is 0.476. The minimum Gasteiger partial charge on any atom is -0.388 e. The molecule has 21 heavy (non-hydrogen) atoms. The van der Waals surface area contributed by atoms with Gasteiger partial charge in [-0.05, 0) is 28.3 Å². The van der Waals surface area contributed by atoms with Gasteiger partial charge >= 0.3 is 0 Å². The number of hydrogen-bond donors (Lipinski definition) is 1. The molecule has 0 aliphatic heterocycles. The molecule has 1 heteroatoms. The first-order valence-corrected chi connectivity index (χ1v) is 7.22. The van der Waals surface area contributed by atoms with Crippen LogP contribution in [0.5, 0.6) is 0 Å². The van der Waals surface area contributed by atoms with Crippen molar-refractivity contribution < 1.29 is 5.11 Å². The lowest BCUT2D eigenvalue weighted by molar-refractivity contribution is 0.183. The Bertz CT molecular complexity index is 739. The van der Waals surface area contributed by atoms with Crippen LogP contribution >= 0.6 is 0 Å². The van der Waals surface area contributed by atoms with Gasteiger partial charge < -0.3 is 5.11 Å². The molecule has 0 aromatic heterocycles. The maximum Gasteiger partial charge on any atom is 0.0830 e. The lowest BCUT2D eigenvalue weighted by Crippen LogP contribution is -1.96. The highest BCUT2D eigenvalue weighted by atomic mass is 16.3. The second kappa shape index (κ2) is 6.38. The van der Waals surface area contributed by atoms with Gasteiger partial charge in [0.1, 0.15) is 0 Å². The second-order valence-corrected chi connectivity index (χ2v) is 5.13. The van der Waals surface area contributed by atoms with Crippen molar-refractivity contribution in [2.75, 3.05) is 0 Å². The van der Waals surface area contributed by atoms with Gasteiger partial charge in [0.25, 0.3) is 0 Å². The van der Waals surface area contributed by atoms with Gasteiger partial charge in [-0.2, -0.15) is 0 Å². The Balaban J connectivity index is 1.78. The van der Waals surface area contributed by atoms with Gasteiger partial charge in [0.05, 0.1) is 6.10 Å². The fraction of sp³-hybridized carbons (Fsp3) is 0.100. The summed E-state index contributed by atoms with van der Waals surface area (Å²) in [5, 5.41) is 12.7. The zero-order valence-corrected chi connectivity index (χ0v) is 11.8. The van der Waals surface area contributed by atoms with E-state index in [1.165, 1.54) is 5.39 Å². The molecule has 1 nitrogen and oxygen atoms in total. The average molecular weight is 274 g/mol. The molecule has 1 N–H and O–H groups in total. The summed E-state index contributed by atoms with van der Waals surface area (Å²) >= 11 is 0. The predicted molar refractivity (Wildman–Crippen MR) is 89.0 cm³/mol. The third-order valence-electron chi connectivity index (χ3n) is 3.65. The van der Waals surface area contributed by atoms with Crippen molar-refractivity contribution in [2.24, 2.45) is 0 Å². The smallest absolute Gasteiger partial charge is 0.0830 e. The van der Waals surface area contributed by atoms with Crippen molar-refractivity contribution in [2.45, 2.75) is 12.5 Å². The zero-order chi connectivity index (χ0) is 14.5. The number of aliphatic hydroxyl groups is 1. The van der Waals surface area contributed by atoms with Crippen molar-refractivity contribution in [3.63, 3.8) is 0 Å². The molecule has 104 valence electrons. The Kier molecular flexibility index (Phi) is 4.13. The summed E-state index contributed by atoms with van der Waals surface area (Å²) in [6, 6.07) is 24.4. The van der Waals surface area contributed by atoms with E-state index in [-0.39, 0.29) is 0 Å². The van der Waals surface area contributed by atoms with E-state index >= 15 is 0 Å². The number of hydrogen-bond acceptors (Lipinski definition) is 1. The van der Waals surface area contributed by atoms with Crippen LogP contribution in [0.25, 0.3) is 16.8 Å². The van der Waals surface area contributed by atoms with E-state index in [9.17, 15) is 5.11 Å². The maximum absolute atomic E-state index is 10.4. The van der Waals surface area contributed by atoms with E-state index in [0.29, 0.717) is 6.42 Å². The molecule has 3 aromatic carbocycles. The molecule has 0 aliphatic carbocycles. The van der Waals surface area contributed by atoms with E-state index in [1.807, 2.05) is 54.6 Å². The molecule has 0 amide bonds. The molecule has 0 fully saturated rings. The van der Waals surface area contributed by atoms with Gasteiger partial charge in [-0.3, -0.25) is 0 Å². The van der Waals surface area contributed by atoms with E-state index in [0.717, 1.165) is 16.5 Å². The average Bonchev–Trinajstić information content (AvgIpc) is 2.55. The third kappa shape index (κ3) is 3.21. The van der Waals surface area contributed by atoms with E-state index in [2.05, 4.69) is 30.3 Å². The van der Waals surface area contributed by atoms with Crippen LogP contribution in [0.1, 0.15) is 23.7 Å². The van der Waals surface area contributed by atoms with Gasteiger partial charge in [-0.1, -0.05) is 84.9 Å². The normalized spacial score (nSPS) is 12.8. The fourth-order valence-corrected chi connectivity index (χ4v) is 2.57. The number of benzene rings is 3. The summed E-state index contributed by atoms with van der Waals surface area (Å²) < 4.78 is 0. The predicted octanol–water partition coefficient (Wildman–Crippen LogP) is 4.98. The van der Waals surface area contributed by atoms with Crippen LogP contribution < -0.4 is 0 Å². The Morgan fingerprint density at radius 3 is 2.38 bits per heavy atom. The molecule has 0 bridgehead atoms. The zero-order valence-electron chi connectivity index (χ0n) is 11.8. The van der Waals surface area contributed by atoms with Crippen LogP contribution in [0.15, 0.2) is 78.9 Å². The third-order valence-corrected chi connectivity index (χ3v) is 3.65. The molecule has 3 rings (SSSR count). The quantitative estimate of drug-likeness (QED) is 0.711. The molecule has 0 saturated heterocycles. The summed E-state index contributed by atoms with van der Waals surface area (Å²) in [6.45, 7) is 0. The Hall–Kier alpha value is -2.38. The Labute approximate surface area is 125 Å². The lowest BCUT2D eigenvalue weighted by Gasteiger charge is -2.11. The largest absolute Gasteiger partial charge is 0.388 e. The highest BCUT2D eigenvalue weighted by Crippen LogP contribution is 2.26. The summed E-state index contributed by atoms with van der Waals surface area (Å²) in [5.41, 5.74) is 2.15. The van der Waals surface area contributed by atoms with Gasteiger partial charge in [0.2, 0.25) is 0 Å². The molecule has 1 unspecified atom stereocenters. The van der Waals surface area contributed by atoms with Gasteiger partial charge in [0, 0.05) is 0 Å². The van der Waals surface area contributed by atoms with Crippen LogP contribution in [0.2, 0.25) is 0 Å². The highest BCUT2D eigenvalue weighted by molar-refractivity contribution is 5.86. The van der Waals surface area contributed by atoms with Crippen LogP contribution in [-0.2, 0) is 0 Å². The molecular weight excluding hydrogens is 256 g/mol. The molecule has 1 atom stereocenters. The highest BCUT2D eigenvalue weighted by Gasteiger charge is 2.08. The molecule has 0 saturated carbocycles. The first-order valence-electron chi connectivity index (χ1n) is 7.22. The molecule has 0 heterocycles. The first kappa shape index (κ1) is 13.6. The molecular formula is C20H18O. The van der Waals surface area contributed by atoms with Crippen molar-refractivity contribution in [3.05, 3.63) is 90.0 Å². The van der Waals surface area contributed by atoms with Crippen LogP contribution in [0.4, 0.5) is 0 Å². The van der Waals surface area contributed by atoms with Gasteiger partial charge in [0.15, 0.2) is 0 Å². The van der Waals surface area contributed by atoms with E-state index in [1.54, 1.807) is 0 Å². The number of fused-ring (bicyclic) bond motifs is 1. The fourth-order valence-electron chi connectivity index (χ4n) is 2.57. The molecule has 0 radical (unpaired) electrons. The van der Waals surface area contributed by atoms with Crippen molar-refractivity contribution in [1.82, 2.24) is 0 Å². The summed E-state index contributed by atoms with van der Waals surface area (Å²) in [4.78, 5) is 0. The summed E-state index contributed by atoms with van der Waals surface area (Å²) in [5.74, 6) is 0. The number of rotatable bonds is 4. The van der Waals surface area contributed by atoms with Gasteiger partial charge in [-0.25, -0.2) is 0 Å². The standard InChI is InChI=1S/C20H18O/c21-20(15-6-10-16-8-2-1-3-9-16)19-14-7-12-17-11-4-5-13-18(17)19/h1-14,20-21H,15H2. The molecule has 0 aliphatic rings. The summed E-state index contributed by atoms with van der Waals surface area (Å²) in [6.07, 6.45) is 4.22. The monoisotopic (exact) mass is 274 g/mol. The SMILES string of the molecule is OC(CC=Cc1ccccc1)c1cccc2ccccc12.